The third kappa shape index (κ3) is 73.4. The highest BCUT2D eigenvalue weighted by atomic mass is 16.5. The number of hydrogen-bond donors (Lipinski definition) is 3. The van der Waals surface area contributed by atoms with E-state index in [4.69, 9.17) is 4.74 Å². The molecule has 0 spiro atoms. The lowest BCUT2D eigenvalue weighted by Gasteiger charge is -2.22. The van der Waals surface area contributed by atoms with E-state index < -0.39 is 12.1 Å². The van der Waals surface area contributed by atoms with Crippen LogP contribution in [0.4, 0.5) is 0 Å². The molecular weight excluding hydrogens is 1080 g/mol. The molecule has 88 heavy (non-hydrogen) atoms. The van der Waals surface area contributed by atoms with E-state index in [1.54, 1.807) is 0 Å². The summed E-state index contributed by atoms with van der Waals surface area (Å²) in [4.78, 5) is 24.7. The van der Waals surface area contributed by atoms with Crippen molar-refractivity contribution in [1.29, 1.82) is 0 Å². The maximum Gasteiger partial charge on any atom is 0.305 e. The number of hydrogen-bond acceptors (Lipinski definition) is 5. The Morgan fingerprint density at radius 3 is 0.864 bits per heavy atom. The highest BCUT2D eigenvalue weighted by molar-refractivity contribution is 5.76. The van der Waals surface area contributed by atoms with E-state index in [9.17, 15) is 19.8 Å². The van der Waals surface area contributed by atoms with E-state index in [0.29, 0.717) is 25.9 Å². The lowest BCUT2D eigenvalue weighted by atomic mass is 10.0. The molecule has 6 heteroatoms. The van der Waals surface area contributed by atoms with Crippen LogP contribution >= 0.6 is 0 Å². The Bertz CT molecular complexity index is 1380. The number of carbonyl (C=O) groups is 2. The van der Waals surface area contributed by atoms with Crippen molar-refractivity contribution in [2.24, 2.45) is 0 Å². The third-order valence-corrected chi connectivity index (χ3v) is 19.3. The van der Waals surface area contributed by atoms with Crippen LogP contribution in [0.1, 0.15) is 463 Å². The van der Waals surface area contributed by atoms with Crippen molar-refractivity contribution in [1.82, 2.24) is 5.32 Å². The van der Waals surface area contributed by atoms with Gasteiger partial charge in [0.05, 0.1) is 25.4 Å². The largest absolute Gasteiger partial charge is 0.466 e. The van der Waals surface area contributed by atoms with Gasteiger partial charge in [0, 0.05) is 12.8 Å². The minimum atomic E-state index is -0.667. The van der Waals surface area contributed by atoms with Gasteiger partial charge < -0.3 is 20.3 Å². The molecule has 522 valence electrons. The third-order valence-electron chi connectivity index (χ3n) is 19.3. The van der Waals surface area contributed by atoms with E-state index in [2.05, 4.69) is 43.5 Å². The molecule has 0 rings (SSSR count). The summed E-state index contributed by atoms with van der Waals surface area (Å²) in [6.45, 7) is 5.01. The van der Waals surface area contributed by atoms with Crippen LogP contribution in [0.15, 0.2) is 24.3 Å². The Labute approximate surface area is 551 Å². The van der Waals surface area contributed by atoms with Crippen molar-refractivity contribution in [3.63, 3.8) is 0 Å². The fourth-order valence-corrected chi connectivity index (χ4v) is 13.1. The smallest absolute Gasteiger partial charge is 0.305 e. The van der Waals surface area contributed by atoms with E-state index in [-0.39, 0.29) is 18.5 Å². The molecule has 0 fully saturated rings. The number of nitrogens with one attached hydrogen (secondary N) is 1. The van der Waals surface area contributed by atoms with E-state index >= 15 is 0 Å². The minimum Gasteiger partial charge on any atom is -0.466 e. The van der Waals surface area contributed by atoms with Gasteiger partial charge in [-0.2, -0.15) is 0 Å². The number of carbonyl (C=O) groups excluding carboxylic acids is 2. The van der Waals surface area contributed by atoms with Crippen LogP contribution in [0.3, 0.4) is 0 Å². The molecule has 0 aliphatic heterocycles. The van der Waals surface area contributed by atoms with Crippen LogP contribution in [0.2, 0.25) is 0 Å². The standard InChI is InChI=1S/C82H159NO5/c1-3-5-7-9-11-13-15-17-19-21-23-24-25-33-36-39-42-46-50-54-58-62-66-70-74-80(85)79(78-84)83-81(86)75-71-67-63-59-55-51-47-43-40-37-34-31-29-27-26-28-30-32-35-38-41-45-49-53-57-61-65-69-73-77-88-82(87)76-72-68-64-60-56-52-48-44-22-20-18-16-14-12-10-8-6-4-2/h26,28,32,35,79-80,84-85H,3-25,27,29-31,33-34,36-78H2,1-2H3,(H,83,86)/b28-26-,35-32-. The summed E-state index contributed by atoms with van der Waals surface area (Å²) in [5, 5.41) is 23.5. The van der Waals surface area contributed by atoms with Gasteiger partial charge >= 0.3 is 5.97 Å². The van der Waals surface area contributed by atoms with Crippen LogP contribution in [0.5, 0.6) is 0 Å². The second-order valence-corrected chi connectivity index (χ2v) is 28.1. The number of esters is 1. The number of unbranched alkanes of at least 4 members (excludes halogenated alkanes) is 62. The molecule has 0 saturated carbocycles. The average molecular weight is 1240 g/mol. The van der Waals surface area contributed by atoms with Crippen LogP contribution < -0.4 is 5.32 Å². The average Bonchev–Trinajstić information content (AvgIpc) is 3.58. The molecule has 1 amide bonds. The summed E-state index contributed by atoms with van der Waals surface area (Å²) in [5.41, 5.74) is 0. The normalized spacial score (nSPS) is 12.5. The van der Waals surface area contributed by atoms with Gasteiger partial charge in [0.15, 0.2) is 0 Å². The molecule has 0 saturated heterocycles. The quantitative estimate of drug-likeness (QED) is 0.0320. The van der Waals surface area contributed by atoms with Gasteiger partial charge in [-0.3, -0.25) is 9.59 Å². The highest BCUT2D eigenvalue weighted by Crippen LogP contribution is 2.20. The lowest BCUT2D eigenvalue weighted by Crippen LogP contribution is -2.45. The molecule has 6 nitrogen and oxygen atoms in total. The highest BCUT2D eigenvalue weighted by Gasteiger charge is 2.20. The minimum absolute atomic E-state index is 0.0177. The van der Waals surface area contributed by atoms with Gasteiger partial charge in [0.2, 0.25) is 5.91 Å². The predicted octanol–water partition coefficient (Wildman–Crippen LogP) is 26.8. The first kappa shape index (κ1) is 86.3. The predicted molar refractivity (Wildman–Crippen MR) is 389 cm³/mol. The lowest BCUT2D eigenvalue weighted by molar-refractivity contribution is -0.143. The van der Waals surface area contributed by atoms with Gasteiger partial charge in [-0.25, -0.2) is 0 Å². The zero-order chi connectivity index (χ0) is 63.5. The fraction of sp³-hybridized carbons (Fsp3) is 0.927. The van der Waals surface area contributed by atoms with Crippen molar-refractivity contribution in [3.05, 3.63) is 24.3 Å². The van der Waals surface area contributed by atoms with Gasteiger partial charge in [-0.15, -0.1) is 0 Å². The Morgan fingerprint density at radius 1 is 0.318 bits per heavy atom. The molecule has 0 bridgehead atoms. The van der Waals surface area contributed by atoms with Gasteiger partial charge in [0.25, 0.3) is 0 Å². The maximum absolute atomic E-state index is 12.6. The van der Waals surface area contributed by atoms with Crippen LogP contribution in [0.25, 0.3) is 0 Å². The van der Waals surface area contributed by atoms with Crippen LogP contribution in [-0.4, -0.2) is 47.4 Å². The van der Waals surface area contributed by atoms with Gasteiger partial charge in [-0.1, -0.05) is 417 Å². The zero-order valence-electron chi connectivity index (χ0n) is 60.0. The zero-order valence-corrected chi connectivity index (χ0v) is 60.0. The number of aliphatic hydroxyl groups is 2. The molecule has 0 aliphatic carbocycles. The molecular formula is C82H159NO5. The Hall–Kier alpha value is -1.66. The molecule has 0 aromatic heterocycles. The molecule has 3 N–H and O–H groups in total. The monoisotopic (exact) mass is 1240 g/mol. The van der Waals surface area contributed by atoms with E-state index in [1.165, 1.54) is 385 Å². The molecule has 2 atom stereocenters. The van der Waals surface area contributed by atoms with Crippen molar-refractivity contribution in [2.75, 3.05) is 13.2 Å². The SMILES string of the molecule is CCCCCCCCCCCCCCCCCCCCCCCCCCC(O)C(CO)NC(=O)CCCCCCCCCCCCCCC/C=C\C/C=C\CCCCCCCCCCCOC(=O)CCCCCCCCCCCCCCCCCCCC. The summed E-state index contributed by atoms with van der Waals surface area (Å²) >= 11 is 0. The summed E-state index contributed by atoms with van der Waals surface area (Å²) < 4.78 is 5.51. The summed E-state index contributed by atoms with van der Waals surface area (Å²) in [6.07, 6.45) is 99.9. The van der Waals surface area contributed by atoms with E-state index in [0.717, 1.165) is 44.9 Å². The summed E-state index contributed by atoms with van der Waals surface area (Å²) in [7, 11) is 0. The van der Waals surface area contributed by atoms with E-state index in [1.807, 2.05) is 0 Å². The fourth-order valence-electron chi connectivity index (χ4n) is 13.1. The first-order valence-corrected chi connectivity index (χ1v) is 40.6. The number of rotatable bonds is 77. The number of aliphatic hydroxyl groups excluding tert-OH is 2. The molecule has 0 aromatic carbocycles. The van der Waals surface area contributed by atoms with Crippen LogP contribution in [0, 0.1) is 0 Å². The first-order valence-electron chi connectivity index (χ1n) is 40.6. The second-order valence-electron chi connectivity index (χ2n) is 28.1. The topological polar surface area (TPSA) is 95.9 Å². The Morgan fingerprint density at radius 2 is 0.568 bits per heavy atom. The van der Waals surface area contributed by atoms with Crippen molar-refractivity contribution in [3.8, 4) is 0 Å². The molecule has 0 radical (unpaired) electrons. The summed E-state index contributed by atoms with van der Waals surface area (Å²) in [6, 6.07) is -0.544. The molecule has 2 unspecified atom stereocenters. The molecule has 0 aromatic rings. The van der Waals surface area contributed by atoms with Crippen LogP contribution in [-0.2, 0) is 14.3 Å². The Kier molecular flexibility index (Phi) is 76.3. The second kappa shape index (κ2) is 77.8. The number of allylic oxidation sites excluding steroid dienone is 4. The van der Waals surface area contributed by atoms with Crippen molar-refractivity contribution < 1.29 is 24.5 Å². The molecule has 0 heterocycles. The molecule has 0 aliphatic rings. The first-order chi connectivity index (χ1) is 43.5. The number of amides is 1. The maximum atomic E-state index is 12.6. The van der Waals surface area contributed by atoms with Gasteiger partial charge in [0.1, 0.15) is 0 Å². The van der Waals surface area contributed by atoms with Crippen molar-refractivity contribution in [2.45, 2.75) is 475 Å². The summed E-state index contributed by atoms with van der Waals surface area (Å²) in [5.74, 6) is -0.0126. The number of ether oxygens (including phenoxy) is 1. The van der Waals surface area contributed by atoms with Gasteiger partial charge in [-0.05, 0) is 57.8 Å². The Balaban J connectivity index is 3.39. The van der Waals surface area contributed by atoms with Crippen molar-refractivity contribution >= 4 is 11.9 Å².